The van der Waals surface area contributed by atoms with Crippen LogP contribution in [0.3, 0.4) is 0 Å². The molecule has 30 heavy (non-hydrogen) atoms. The summed E-state index contributed by atoms with van der Waals surface area (Å²) in [5.74, 6) is 2.32. The molecule has 8 heteroatoms. The van der Waals surface area contributed by atoms with Gasteiger partial charge in [-0.05, 0) is 31.2 Å². The van der Waals surface area contributed by atoms with E-state index in [1.165, 1.54) is 11.8 Å². The van der Waals surface area contributed by atoms with Crippen LogP contribution in [-0.4, -0.2) is 44.7 Å². The van der Waals surface area contributed by atoms with E-state index in [0.717, 1.165) is 28.5 Å². The van der Waals surface area contributed by atoms with Crippen molar-refractivity contribution in [2.75, 3.05) is 29.4 Å². The van der Waals surface area contributed by atoms with E-state index in [1.54, 1.807) is 4.90 Å². The number of thiocarbonyl (C=S) groups is 1. The number of likely N-dealkylation sites (N-methyl/N-ethyl adjacent to an activating group) is 1. The number of rotatable bonds is 6. The Morgan fingerprint density at radius 3 is 2.03 bits per heavy atom. The molecule has 0 unspecified atom stereocenters. The molecule has 1 amide bonds. The van der Waals surface area contributed by atoms with Crippen molar-refractivity contribution in [3.05, 3.63) is 72.5 Å². The van der Waals surface area contributed by atoms with Crippen molar-refractivity contribution in [2.45, 2.75) is 6.92 Å². The molecular weight excluding hydrogens is 414 g/mol. The van der Waals surface area contributed by atoms with Gasteiger partial charge in [-0.2, -0.15) is 0 Å². The maximum atomic E-state index is 12.6. The average Bonchev–Trinajstić information content (AvgIpc) is 3.18. The number of nitrogens with zero attached hydrogens (tertiary/aromatic N) is 5. The van der Waals surface area contributed by atoms with Gasteiger partial charge < -0.3 is 9.80 Å². The van der Waals surface area contributed by atoms with Crippen LogP contribution in [0.4, 0.5) is 11.6 Å². The minimum atomic E-state index is -0.0626. The van der Waals surface area contributed by atoms with Gasteiger partial charge in [-0.25, -0.2) is 9.97 Å². The molecule has 152 valence electrons. The number of amides is 1. The molecule has 2 aromatic rings. The molecule has 2 aliphatic heterocycles. The first-order chi connectivity index (χ1) is 14.6. The molecule has 1 fully saturated rings. The highest BCUT2D eigenvalue weighted by atomic mass is 32.2. The van der Waals surface area contributed by atoms with Crippen LogP contribution in [-0.2, 0) is 4.79 Å². The molecular formula is C22H21N5OS2. The molecule has 0 spiro atoms. The van der Waals surface area contributed by atoms with E-state index >= 15 is 0 Å². The van der Waals surface area contributed by atoms with E-state index in [9.17, 15) is 4.79 Å². The third kappa shape index (κ3) is 3.42. The normalized spacial score (nSPS) is 17.3. The molecule has 3 heterocycles. The quantitative estimate of drug-likeness (QED) is 0.382. The van der Waals surface area contributed by atoms with Crippen LogP contribution in [0.5, 0.6) is 0 Å². The number of carbonyl (C=O) groups is 1. The first-order valence-electron chi connectivity index (χ1n) is 9.58. The van der Waals surface area contributed by atoms with Gasteiger partial charge in [0.15, 0.2) is 11.6 Å². The Morgan fingerprint density at radius 1 is 1.00 bits per heavy atom. The fourth-order valence-corrected chi connectivity index (χ4v) is 4.77. The van der Waals surface area contributed by atoms with Crippen LogP contribution in [0.1, 0.15) is 6.92 Å². The van der Waals surface area contributed by atoms with E-state index < -0.39 is 0 Å². The molecule has 0 N–H and O–H groups in total. The first kappa shape index (κ1) is 20.3. The van der Waals surface area contributed by atoms with Gasteiger partial charge in [0.2, 0.25) is 0 Å². The molecule has 0 radical (unpaired) electrons. The van der Waals surface area contributed by atoms with Gasteiger partial charge in [0.05, 0.1) is 15.9 Å². The number of allylic oxidation sites excluding steroid dienone is 2. The summed E-state index contributed by atoms with van der Waals surface area (Å²) in [5, 5.41) is 0. The predicted octanol–water partition coefficient (Wildman–Crippen LogP) is 4.23. The Hall–Kier alpha value is -2.97. The van der Waals surface area contributed by atoms with E-state index in [-0.39, 0.29) is 5.91 Å². The lowest BCUT2D eigenvalue weighted by Crippen LogP contribution is -2.29. The fraction of sp³-hybridized carbons (Fsp3) is 0.182. The summed E-state index contributed by atoms with van der Waals surface area (Å²) >= 11 is 6.64. The summed E-state index contributed by atoms with van der Waals surface area (Å²) in [6.07, 6.45) is 7.38. The zero-order chi connectivity index (χ0) is 21.3. The van der Waals surface area contributed by atoms with Crippen LogP contribution < -0.4 is 9.80 Å². The summed E-state index contributed by atoms with van der Waals surface area (Å²) in [7, 11) is 0. The second kappa shape index (κ2) is 8.41. The highest BCUT2D eigenvalue weighted by molar-refractivity contribution is 8.26. The molecule has 1 aromatic heterocycles. The molecule has 0 atom stereocenters. The number of anilines is 2. The third-order valence-corrected chi connectivity index (χ3v) is 6.19. The summed E-state index contributed by atoms with van der Waals surface area (Å²) < 4.78 is 0.585. The molecule has 2 aliphatic rings. The molecule has 0 bridgehead atoms. The topological polar surface area (TPSA) is 52.6 Å². The number of hydrogen-bond acceptors (Lipinski definition) is 7. The number of carbonyl (C=O) groups excluding carboxylic acids is 1. The van der Waals surface area contributed by atoms with Gasteiger partial charge in [-0.3, -0.25) is 9.69 Å². The Labute approximate surface area is 185 Å². The standard InChI is InChI=1S/C22H21N5OS2/c1-4-13-26-18(12-11-17-21(28)25(6-3)22(29)30-17)27(14-5-2)20-19(26)23-15-9-7-8-10-16(15)24-20/h4-5,7-12H,1-2,6,13-14H2,3H3. The largest absolute Gasteiger partial charge is 0.305 e. The summed E-state index contributed by atoms with van der Waals surface area (Å²) in [6.45, 7) is 11.4. The van der Waals surface area contributed by atoms with Gasteiger partial charge in [0.1, 0.15) is 10.1 Å². The number of thioether (sulfide) groups is 1. The van der Waals surface area contributed by atoms with Gasteiger partial charge >= 0.3 is 0 Å². The summed E-state index contributed by atoms with van der Waals surface area (Å²) in [6, 6.07) is 7.79. The maximum absolute atomic E-state index is 12.6. The fourth-order valence-electron chi connectivity index (χ4n) is 3.44. The zero-order valence-electron chi connectivity index (χ0n) is 16.6. The number of hydrogen-bond donors (Lipinski definition) is 0. The SMILES string of the molecule is C=CCN1C(=CC=C2SC(=S)N(CC)C2=O)N(CC=C)c2nc3ccccc3nc21. The van der Waals surface area contributed by atoms with Crippen molar-refractivity contribution in [3.63, 3.8) is 0 Å². The zero-order valence-corrected chi connectivity index (χ0v) is 18.2. The minimum Gasteiger partial charge on any atom is -0.305 e. The highest BCUT2D eigenvalue weighted by Crippen LogP contribution is 2.40. The average molecular weight is 436 g/mol. The predicted molar refractivity (Wildman–Crippen MR) is 128 cm³/mol. The minimum absolute atomic E-state index is 0.0626. The van der Waals surface area contributed by atoms with Gasteiger partial charge in [0.25, 0.3) is 5.91 Å². The summed E-state index contributed by atoms with van der Waals surface area (Å²) in [4.78, 5) is 28.6. The monoisotopic (exact) mass is 435 g/mol. The lowest BCUT2D eigenvalue weighted by atomic mass is 10.3. The molecule has 1 saturated heterocycles. The van der Waals surface area contributed by atoms with Crippen LogP contribution in [0.15, 0.2) is 72.5 Å². The number of benzene rings is 1. The maximum Gasteiger partial charge on any atom is 0.266 e. The third-order valence-electron chi connectivity index (χ3n) is 4.80. The van der Waals surface area contributed by atoms with Crippen LogP contribution >= 0.6 is 24.0 Å². The smallest absolute Gasteiger partial charge is 0.266 e. The molecule has 1 aromatic carbocycles. The van der Waals surface area contributed by atoms with E-state index in [1.807, 2.05) is 65.3 Å². The molecule has 0 saturated carbocycles. The number of fused-ring (bicyclic) bond motifs is 2. The molecule has 4 rings (SSSR count). The Morgan fingerprint density at radius 2 is 1.57 bits per heavy atom. The van der Waals surface area contributed by atoms with Gasteiger partial charge in [-0.15, -0.1) is 13.2 Å². The van der Waals surface area contributed by atoms with Crippen LogP contribution in [0.25, 0.3) is 11.0 Å². The molecule has 0 aliphatic carbocycles. The van der Waals surface area contributed by atoms with Crippen molar-refractivity contribution < 1.29 is 4.79 Å². The van der Waals surface area contributed by atoms with Crippen molar-refractivity contribution in [3.8, 4) is 0 Å². The van der Waals surface area contributed by atoms with Crippen molar-refractivity contribution in [1.82, 2.24) is 14.9 Å². The Kier molecular flexibility index (Phi) is 5.69. The van der Waals surface area contributed by atoms with Crippen molar-refractivity contribution in [2.24, 2.45) is 0 Å². The van der Waals surface area contributed by atoms with E-state index in [4.69, 9.17) is 22.2 Å². The van der Waals surface area contributed by atoms with Gasteiger partial charge in [-0.1, -0.05) is 48.3 Å². The second-order valence-corrected chi connectivity index (χ2v) is 8.31. The Bertz CT molecular complexity index is 1070. The number of aromatic nitrogens is 2. The lowest BCUT2D eigenvalue weighted by molar-refractivity contribution is -0.122. The summed E-state index contributed by atoms with van der Waals surface area (Å²) in [5.41, 5.74) is 1.66. The second-order valence-electron chi connectivity index (χ2n) is 6.63. The first-order valence-corrected chi connectivity index (χ1v) is 10.8. The van der Waals surface area contributed by atoms with Crippen LogP contribution in [0.2, 0.25) is 0 Å². The number of para-hydroxylation sites is 2. The van der Waals surface area contributed by atoms with Crippen molar-refractivity contribution in [1.29, 1.82) is 0 Å². The lowest BCUT2D eigenvalue weighted by Gasteiger charge is -2.22. The van der Waals surface area contributed by atoms with E-state index in [2.05, 4.69) is 13.2 Å². The molecule has 6 nitrogen and oxygen atoms in total. The van der Waals surface area contributed by atoms with Crippen molar-refractivity contribution >= 4 is 56.9 Å². The van der Waals surface area contributed by atoms with Crippen LogP contribution in [0, 0.1) is 0 Å². The Balaban J connectivity index is 1.81. The van der Waals surface area contributed by atoms with Gasteiger partial charge in [0, 0.05) is 19.6 Å². The highest BCUT2D eigenvalue weighted by Gasteiger charge is 2.34. The van der Waals surface area contributed by atoms with E-state index in [0.29, 0.717) is 28.9 Å².